The first-order valence-electron chi connectivity index (χ1n) is 6.18. The number of sulfone groups is 1. The third-order valence-electron chi connectivity index (χ3n) is 2.72. The Morgan fingerprint density at radius 3 is 2.29 bits per heavy atom. The molecule has 7 nitrogen and oxygen atoms in total. The maximum atomic E-state index is 11.7. The molecule has 0 aliphatic carbocycles. The first-order chi connectivity index (χ1) is 9.69. The molecule has 0 saturated carbocycles. The number of aromatic carboxylic acids is 1. The molecule has 0 unspecified atom stereocenters. The number of nitrogens with one attached hydrogen (secondary N) is 1. The van der Waals surface area contributed by atoms with Crippen molar-refractivity contribution in [2.45, 2.75) is 6.54 Å². The fourth-order valence-electron chi connectivity index (χ4n) is 1.58. The van der Waals surface area contributed by atoms with E-state index in [9.17, 15) is 18.0 Å². The van der Waals surface area contributed by atoms with Gasteiger partial charge in [0.2, 0.25) is 0 Å². The van der Waals surface area contributed by atoms with Gasteiger partial charge in [0.1, 0.15) is 9.84 Å². The minimum absolute atomic E-state index is 0.0555. The molecule has 1 aromatic carbocycles. The summed E-state index contributed by atoms with van der Waals surface area (Å²) < 4.78 is 21.9. The third kappa shape index (κ3) is 6.26. The standard InChI is InChI=1S/C13H18N2O5S/c1-15(13(18)14-7-8-21(2,19)20)9-10-3-5-11(6-4-10)12(16)17/h3-6H,7-9H2,1-2H3,(H,14,18)(H,16,17). The van der Waals surface area contributed by atoms with Crippen LogP contribution in [-0.4, -0.2) is 56.0 Å². The van der Waals surface area contributed by atoms with Crippen molar-refractivity contribution in [3.8, 4) is 0 Å². The lowest BCUT2D eigenvalue weighted by Crippen LogP contribution is -2.38. The van der Waals surface area contributed by atoms with Crippen LogP contribution in [0.15, 0.2) is 24.3 Å². The number of carbonyl (C=O) groups excluding carboxylic acids is 1. The van der Waals surface area contributed by atoms with Crippen LogP contribution < -0.4 is 5.32 Å². The second-order valence-corrected chi connectivity index (χ2v) is 6.98. The van der Waals surface area contributed by atoms with Crippen molar-refractivity contribution in [3.63, 3.8) is 0 Å². The van der Waals surface area contributed by atoms with E-state index < -0.39 is 15.8 Å². The van der Waals surface area contributed by atoms with Gasteiger partial charge in [0.25, 0.3) is 0 Å². The Kier molecular flexibility index (Phi) is 5.71. The Morgan fingerprint density at radius 2 is 1.81 bits per heavy atom. The molecule has 116 valence electrons. The van der Waals surface area contributed by atoms with E-state index in [1.54, 1.807) is 19.2 Å². The van der Waals surface area contributed by atoms with Crippen molar-refractivity contribution in [2.24, 2.45) is 0 Å². The fraction of sp³-hybridized carbons (Fsp3) is 0.385. The van der Waals surface area contributed by atoms with Crippen LogP contribution in [0.25, 0.3) is 0 Å². The normalized spacial score (nSPS) is 11.0. The molecule has 1 rings (SSSR count). The monoisotopic (exact) mass is 314 g/mol. The largest absolute Gasteiger partial charge is 0.478 e. The smallest absolute Gasteiger partial charge is 0.335 e. The highest BCUT2D eigenvalue weighted by Crippen LogP contribution is 2.07. The predicted molar refractivity (Wildman–Crippen MR) is 78.0 cm³/mol. The Hall–Kier alpha value is -2.09. The van der Waals surface area contributed by atoms with E-state index >= 15 is 0 Å². The van der Waals surface area contributed by atoms with Crippen LogP contribution in [0.3, 0.4) is 0 Å². The number of hydrogen-bond acceptors (Lipinski definition) is 4. The lowest BCUT2D eigenvalue weighted by Gasteiger charge is -2.18. The summed E-state index contributed by atoms with van der Waals surface area (Å²) in [7, 11) is -1.54. The molecule has 1 aromatic rings. The molecule has 0 aliphatic rings. The number of rotatable bonds is 6. The van der Waals surface area contributed by atoms with Crippen molar-refractivity contribution < 1.29 is 23.1 Å². The van der Waals surface area contributed by atoms with Crippen molar-refractivity contribution in [3.05, 3.63) is 35.4 Å². The molecule has 0 atom stereocenters. The minimum Gasteiger partial charge on any atom is -0.478 e. The van der Waals surface area contributed by atoms with Gasteiger partial charge in [0, 0.05) is 26.4 Å². The molecular weight excluding hydrogens is 296 g/mol. The summed E-state index contributed by atoms with van der Waals surface area (Å²) in [6, 6.07) is 5.80. The molecule has 0 spiro atoms. The number of carboxylic acid groups (broad SMARTS) is 1. The van der Waals surface area contributed by atoms with Gasteiger partial charge in [-0.15, -0.1) is 0 Å². The van der Waals surface area contributed by atoms with E-state index in [1.807, 2.05) is 0 Å². The molecule has 2 amide bonds. The number of carbonyl (C=O) groups is 2. The molecule has 0 bridgehead atoms. The Morgan fingerprint density at radius 1 is 1.24 bits per heavy atom. The summed E-state index contributed by atoms with van der Waals surface area (Å²) in [6.07, 6.45) is 1.10. The predicted octanol–water partition coefficient (Wildman–Crippen LogP) is 0.571. The molecule has 21 heavy (non-hydrogen) atoms. The van der Waals surface area contributed by atoms with Gasteiger partial charge in [-0.25, -0.2) is 18.0 Å². The summed E-state index contributed by atoms with van der Waals surface area (Å²) in [5.41, 5.74) is 0.958. The van der Waals surface area contributed by atoms with Crippen LogP contribution in [0.5, 0.6) is 0 Å². The van der Waals surface area contributed by atoms with E-state index in [2.05, 4.69) is 5.32 Å². The number of urea groups is 1. The average Bonchev–Trinajstić information content (AvgIpc) is 2.37. The lowest BCUT2D eigenvalue weighted by atomic mass is 10.1. The second-order valence-electron chi connectivity index (χ2n) is 4.72. The average molecular weight is 314 g/mol. The number of amides is 2. The first kappa shape index (κ1) is 17.0. The number of carboxylic acids is 1. The molecule has 0 saturated heterocycles. The lowest BCUT2D eigenvalue weighted by molar-refractivity contribution is 0.0696. The van der Waals surface area contributed by atoms with Gasteiger partial charge in [-0.2, -0.15) is 0 Å². The summed E-state index contributed by atoms with van der Waals surface area (Å²) >= 11 is 0. The van der Waals surface area contributed by atoms with Gasteiger partial charge in [-0.1, -0.05) is 12.1 Å². The van der Waals surface area contributed by atoms with Crippen LogP contribution in [0.4, 0.5) is 4.79 Å². The van der Waals surface area contributed by atoms with Gasteiger partial charge < -0.3 is 15.3 Å². The van der Waals surface area contributed by atoms with Gasteiger partial charge in [-0.05, 0) is 17.7 Å². The van der Waals surface area contributed by atoms with E-state index in [0.717, 1.165) is 11.8 Å². The zero-order valence-electron chi connectivity index (χ0n) is 11.9. The third-order valence-corrected chi connectivity index (χ3v) is 3.66. The summed E-state index contributed by atoms with van der Waals surface area (Å²) in [5, 5.41) is 11.3. The maximum absolute atomic E-state index is 11.7. The zero-order chi connectivity index (χ0) is 16.0. The molecule has 0 fully saturated rings. The molecule has 0 aromatic heterocycles. The molecular formula is C13H18N2O5S. The van der Waals surface area contributed by atoms with Crippen molar-refractivity contribution in [1.29, 1.82) is 0 Å². The Balaban J connectivity index is 2.50. The second kappa shape index (κ2) is 7.07. The van der Waals surface area contributed by atoms with Crippen LogP contribution >= 0.6 is 0 Å². The fourth-order valence-corrected chi connectivity index (χ4v) is 2.05. The zero-order valence-corrected chi connectivity index (χ0v) is 12.7. The van der Waals surface area contributed by atoms with Gasteiger partial charge in [-0.3, -0.25) is 0 Å². The van der Waals surface area contributed by atoms with Crippen LogP contribution in [0, 0.1) is 0 Å². The van der Waals surface area contributed by atoms with E-state index in [4.69, 9.17) is 5.11 Å². The molecule has 0 radical (unpaired) electrons. The molecule has 2 N–H and O–H groups in total. The van der Waals surface area contributed by atoms with Gasteiger partial charge in [0.15, 0.2) is 0 Å². The highest BCUT2D eigenvalue weighted by atomic mass is 32.2. The van der Waals surface area contributed by atoms with Gasteiger partial charge >= 0.3 is 12.0 Å². The number of benzene rings is 1. The SMILES string of the molecule is CN(Cc1ccc(C(=O)O)cc1)C(=O)NCCS(C)(=O)=O. The number of nitrogens with zero attached hydrogens (tertiary/aromatic N) is 1. The van der Waals surface area contributed by atoms with E-state index in [0.29, 0.717) is 6.54 Å². The van der Waals surface area contributed by atoms with Crippen molar-refractivity contribution in [1.82, 2.24) is 10.2 Å². The maximum Gasteiger partial charge on any atom is 0.335 e. The van der Waals surface area contributed by atoms with Crippen molar-refractivity contribution >= 4 is 21.8 Å². The number of hydrogen-bond donors (Lipinski definition) is 2. The van der Waals surface area contributed by atoms with Crippen molar-refractivity contribution in [2.75, 3.05) is 25.6 Å². The quantitative estimate of drug-likeness (QED) is 0.799. The summed E-state index contributed by atoms with van der Waals surface area (Å²) in [6.45, 7) is 0.352. The first-order valence-corrected chi connectivity index (χ1v) is 8.24. The van der Waals surface area contributed by atoms with Crippen LogP contribution in [-0.2, 0) is 16.4 Å². The molecule has 0 aliphatic heterocycles. The van der Waals surface area contributed by atoms with Crippen LogP contribution in [0.1, 0.15) is 15.9 Å². The summed E-state index contributed by atoms with van der Waals surface area (Å²) in [5.74, 6) is -1.12. The van der Waals surface area contributed by atoms with Crippen LogP contribution in [0.2, 0.25) is 0 Å². The minimum atomic E-state index is -3.11. The van der Waals surface area contributed by atoms with E-state index in [-0.39, 0.29) is 23.9 Å². The Bertz CT molecular complexity index is 610. The van der Waals surface area contributed by atoms with E-state index in [1.165, 1.54) is 17.0 Å². The molecule has 8 heteroatoms. The Labute approximate surface area is 123 Å². The molecule has 0 heterocycles. The highest BCUT2D eigenvalue weighted by molar-refractivity contribution is 7.90. The summed E-state index contributed by atoms with van der Waals surface area (Å²) in [4.78, 5) is 23.8. The highest BCUT2D eigenvalue weighted by Gasteiger charge is 2.10. The topological polar surface area (TPSA) is 104 Å². The van der Waals surface area contributed by atoms with Gasteiger partial charge in [0.05, 0.1) is 11.3 Å².